The summed E-state index contributed by atoms with van der Waals surface area (Å²) in [4.78, 5) is 50.3. The van der Waals surface area contributed by atoms with Crippen molar-refractivity contribution in [3.05, 3.63) is 63.6 Å². The van der Waals surface area contributed by atoms with E-state index in [4.69, 9.17) is 9.47 Å². The first-order valence-electron chi connectivity index (χ1n) is 8.35. The molecule has 1 aliphatic rings. The van der Waals surface area contributed by atoms with Gasteiger partial charge in [-0.15, -0.1) is 0 Å². The van der Waals surface area contributed by atoms with Gasteiger partial charge in [-0.2, -0.15) is 0 Å². The molecule has 1 atom stereocenters. The highest BCUT2D eigenvalue weighted by atomic mass is 79.9. The number of methoxy groups -OCH3 is 1. The number of nitrogens with zero attached hydrogens (tertiary/aromatic N) is 1. The lowest BCUT2D eigenvalue weighted by Crippen LogP contribution is -2.44. The summed E-state index contributed by atoms with van der Waals surface area (Å²) in [6.07, 6.45) is 0. The highest BCUT2D eigenvalue weighted by Crippen LogP contribution is 2.26. The summed E-state index contributed by atoms with van der Waals surface area (Å²) in [6.45, 7) is 0.879. The monoisotopic (exact) mass is 445 g/mol. The molecule has 0 spiro atoms. The first-order chi connectivity index (χ1) is 13.3. The average Bonchev–Trinajstić information content (AvgIpc) is 2.96. The number of ketones is 1. The highest BCUT2D eigenvalue weighted by Gasteiger charge is 2.41. The SMILES string of the molecule is COc1ccc(C(=O)COC(=O)C(C)N2C(=O)c3ccccc3C2=O)cc1Br. The maximum Gasteiger partial charge on any atom is 0.329 e. The molecule has 2 aromatic carbocycles. The molecule has 8 heteroatoms. The third-order valence-corrected chi connectivity index (χ3v) is 4.99. The Kier molecular flexibility index (Phi) is 5.60. The van der Waals surface area contributed by atoms with E-state index in [-0.39, 0.29) is 11.1 Å². The Hall–Kier alpha value is -3.00. The van der Waals surface area contributed by atoms with E-state index in [0.717, 1.165) is 4.90 Å². The molecule has 28 heavy (non-hydrogen) atoms. The maximum atomic E-state index is 12.4. The molecule has 1 aliphatic heterocycles. The molecule has 2 aromatic rings. The lowest BCUT2D eigenvalue weighted by molar-refractivity contribution is -0.146. The number of carbonyl (C=O) groups excluding carboxylic acids is 4. The zero-order chi connectivity index (χ0) is 20.4. The van der Waals surface area contributed by atoms with Crippen molar-refractivity contribution in [3.8, 4) is 5.75 Å². The molecule has 7 nitrogen and oxygen atoms in total. The number of halogens is 1. The number of hydrogen-bond donors (Lipinski definition) is 0. The molecule has 2 amide bonds. The molecule has 0 fully saturated rings. The topological polar surface area (TPSA) is 90.0 Å². The van der Waals surface area contributed by atoms with E-state index < -0.39 is 36.2 Å². The van der Waals surface area contributed by atoms with Gasteiger partial charge in [-0.3, -0.25) is 19.3 Å². The van der Waals surface area contributed by atoms with Crippen molar-refractivity contribution in [1.82, 2.24) is 4.90 Å². The van der Waals surface area contributed by atoms with Crippen LogP contribution < -0.4 is 4.74 Å². The van der Waals surface area contributed by atoms with Crippen LogP contribution in [-0.2, 0) is 9.53 Å². The predicted octanol–water partition coefficient (Wildman–Crippen LogP) is 2.87. The van der Waals surface area contributed by atoms with Gasteiger partial charge < -0.3 is 9.47 Å². The van der Waals surface area contributed by atoms with Crippen LogP contribution in [0.3, 0.4) is 0 Å². The minimum Gasteiger partial charge on any atom is -0.496 e. The smallest absolute Gasteiger partial charge is 0.329 e. The number of fused-ring (bicyclic) bond motifs is 1. The van der Waals surface area contributed by atoms with Crippen molar-refractivity contribution in [2.24, 2.45) is 0 Å². The number of Topliss-reactive ketones (excluding diaryl/α,β-unsaturated/α-hetero) is 1. The third kappa shape index (κ3) is 3.55. The van der Waals surface area contributed by atoms with Gasteiger partial charge in [0.25, 0.3) is 11.8 Å². The molecule has 1 heterocycles. The summed E-state index contributed by atoms with van der Waals surface area (Å²) in [6, 6.07) is 9.90. The van der Waals surface area contributed by atoms with Gasteiger partial charge in [-0.1, -0.05) is 12.1 Å². The minimum absolute atomic E-state index is 0.242. The van der Waals surface area contributed by atoms with E-state index >= 15 is 0 Å². The molecule has 0 N–H and O–H groups in total. The Balaban J connectivity index is 1.65. The maximum absolute atomic E-state index is 12.4. The summed E-state index contributed by atoms with van der Waals surface area (Å²) in [7, 11) is 1.50. The molecule has 0 aliphatic carbocycles. The number of hydrogen-bond acceptors (Lipinski definition) is 6. The van der Waals surface area contributed by atoms with Crippen molar-refractivity contribution < 1.29 is 28.7 Å². The zero-order valence-electron chi connectivity index (χ0n) is 15.1. The molecule has 144 valence electrons. The normalized spacial score (nSPS) is 13.9. The number of esters is 1. The number of carbonyl (C=O) groups is 4. The third-order valence-electron chi connectivity index (χ3n) is 4.37. The molecular formula is C20H16BrNO6. The van der Waals surface area contributed by atoms with Gasteiger partial charge in [0, 0.05) is 5.56 Å². The van der Waals surface area contributed by atoms with E-state index in [1.165, 1.54) is 26.2 Å². The summed E-state index contributed by atoms with van der Waals surface area (Å²) >= 11 is 3.28. The van der Waals surface area contributed by atoms with Gasteiger partial charge in [0.2, 0.25) is 0 Å². The molecule has 1 unspecified atom stereocenters. The quantitative estimate of drug-likeness (QED) is 0.385. The Morgan fingerprint density at radius 1 is 1.07 bits per heavy atom. The van der Waals surface area contributed by atoms with Crippen LogP contribution >= 0.6 is 15.9 Å². The van der Waals surface area contributed by atoms with Crippen molar-refractivity contribution in [3.63, 3.8) is 0 Å². The second-order valence-electron chi connectivity index (χ2n) is 6.08. The first-order valence-corrected chi connectivity index (χ1v) is 9.14. The number of amides is 2. The van der Waals surface area contributed by atoms with Crippen molar-refractivity contribution in [1.29, 1.82) is 0 Å². The van der Waals surface area contributed by atoms with E-state index in [1.807, 2.05) is 0 Å². The molecular weight excluding hydrogens is 430 g/mol. The van der Waals surface area contributed by atoms with E-state index in [1.54, 1.807) is 30.3 Å². The zero-order valence-corrected chi connectivity index (χ0v) is 16.7. The standard InChI is InChI=1S/C20H16BrNO6/c1-11(22-18(24)13-5-3-4-6-14(13)19(22)25)20(26)28-10-16(23)12-7-8-17(27-2)15(21)9-12/h3-9,11H,10H2,1-2H3. The predicted molar refractivity (Wildman–Crippen MR) is 102 cm³/mol. The van der Waals surface area contributed by atoms with Crippen LogP contribution in [0.25, 0.3) is 0 Å². The lowest BCUT2D eigenvalue weighted by atomic mass is 10.1. The number of imide groups is 1. The first kappa shape index (κ1) is 19.8. The van der Waals surface area contributed by atoms with E-state index in [0.29, 0.717) is 15.8 Å². The number of benzene rings is 2. The molecule has 0 bridgehead atoms. The second kappa shape index (κ2) is 7.93. The van der Waals surface area contributed by atoms with E-state index in [2.05, 4.69) is 15.9 Å². The Morgan fingerprint density at radius 3 is 2.21 bits per heavy atom. The summed E-state index contributed by atoms with van der Waals surface area (Å²) in [5, 5.41) is 0. The van der Waals surface area contributed by atoms with Crippen LogP contribution in [0.2, 0.25) is 0 Å². The van der Waals surface area contributed by atoms with Gasteiger partial charge in [-0.25, -0.2) is 4.79 Å². The fourth-order valence-corrected chi connectivity index (χ4v) is 3.39. The fourth-order valence-electron chi connectivity index (χ4n) is 2.85. The van der Waals surface area contributed by atoms with Crippen LogP contribution in [0.15, 0.2) is 46.9 Å². The van der Waals surface area contributed by atoms with Crippen LogP contribution in [0.5, 0.6) is 5.75 Å². The van der Waals surface area contributed by atoms with Gasteiger partial charge in [-0.05, 0) is 53.2 Å². The van der Waals surface area contributed by atoms with Crippen molar-refractivity contribution >= 4 is 39.5 Å². The Bertz CT molecular complexity index is 951. The minimum atomic E-state index is -1.15. The summed E-state index contributed by atoms with van der Waals surface area (Å²) in [5.74, 6) is -1.82. The van der Waals surface area contributed by atoms with Crippen LogP contribution in [0.4, 0.5) is 0 Å². The molecule has 0 saturated heterocycles. The fraction of sp³-hybridized carbons (Fsp3) is 0.200. The highest BCUT2D eigenvalue weighted by molar-refractivity contribution is 9.10. The average molecular weight is 446 g/mol. The number of rotatable bonds is 6. The van der Waals surface area contributed by atoms with Crippen molar-refractivity contribution in [2.75, 3.05) is 13.7 Å². The molecule has 3 rings (SSSR count). The Morgan fingerprint density at radius 2 is 1.68 bits per heavy atom. The van der Waals surface area contributed by atoms with Gasteiger partial charge in [0.1, 0.15) is 11.8 Å². The second-order valence-corrected chi connectivity index (χ2v) is 6.94. The van der Waals surface area contributed by atoms with Crippen LogP contribution in [0, 0.1) is 0 Å². The lowest BCUT2D eigenvalue weighted by Gasteiger charge is -2.20. The van der Waals surface area contributed by atoms with Crippen LogP contribution in [0.1, 0.15) is 38.0 Å². The van der Waals surface area contributed by atoms with Crippen LogP contribution in [-0.4, -0.2) is 48.2 Å². The summed E-state index contributed by atoms with van der Waals surface area (Å²) in [5.41, 5.74) is 0.812. The van der Waals surface area contributed by atoms with Gasteiger partial charge >= 0.3 is 5.97 Å². The molecule has 0 radical (unpaired) electrons. The van der Waals surface area contributed by atoms with Gasteiger partial charge in [0.15, 0.2) is 12.4 Å². The number of ether oxygens (including phenoxy) is 2. The van der Waals surface area contributed by atoms with Gasteiger partial charge in [0.05, 0.1) is 22.7 Å². The van der Waals surface area contributed by atoms with Crippen molar-refractivity contribution in [2.45, 2.75) is 13.0 Å². The van der Waals surface area contributed by atoms with E-state index in [9.17, 15) is 19.2 Å². The summed E-state index contributed by atoms with van der Waals surface area (Å²) < 4.78 is 10.7. The molecule has 0 saturated carbocycles. The largest absolute Gasteiger partial charge is 0.496 e. The Labute approximate surface area is 169 Å². The molecule has 0 aromatic heterocycles.